The Hall–Kier alpha value is -1.13. The van der Waals surface area contributed by atoms with Crippen LogP contribution in [0.2, 0.25) is 0 Å². The molecule has 0 aliphatic carbocycles. The second-order valence-corrected chi connectivity index (χ2v) is 5.32. The number of hydrogen-bond donors (Lipinski definition) is 2. The first-order valence-electron chi connectivity index (χ1n) is 7.30. The summed E-state index contributed by atoms with van der Waals surface area (Å²) >= 11 is 0. The summed E-state index contributed by atoms with van der Waals surface area (Å²) in [5.74, 6) is 0.583. The summed E-state index contributed by atoms with van der Waals surface area (Å²) in [7, 11) is 0. The first kappa shape index (κ1) is 14.3. The highest BCUT2D eigenvalue weighted by Crippen LogP contribution is 2.22. The van der Waals surface area contributed by atoms with E-state index in [1.54, 1.807) is 6.20 Å². The van der Waals surface area contributed by atoms with Gasteiger partial charge in [0.2, 0.25) is 0 Å². The lowest BCUT2D eigenvalue weighted by Crippen LogP contribution is -2.42. The normalized spacial score (nSPS) is 21.2. The Morgan fingerprint density at radius 1 is 1.58 bits per heavy atom. The van der Waals surface area contributed by atoms with Crippen LogP contribution < -0.4 is 11.1 Å². The molecule has 1 fully saturated rings. The summed E-state index contributed by atoms with van der Waals surface area (Å²) in [5, 5.41) is 3.65. The van der Waals surface area contributed by atoms with Crippen LogP contribution in [0.4, 0.5) is 5.69 Å². The van der Waals surface area contributed by atoms with Gasteiger partial charge in [-0.3, -0.25) is 4.98 Å². The molecular weight excluding hydrogens is 238 g/mol. The van der Waals surface area contributed by atoms with Gasteiger partial charge in [-0.2, -0.15) is 0 Å². The second kappa shape index (κ2) is 7.46. The van der Waals surface area contributed by atoms with Crippen molar-refractivity contribution >= 4 is 5.69 Å². The van der Waals surface area contributed by atoms with Gasteiger partial charge in [-0.15, -0.1) is 0 Å². The number of nitrogens with one attached hydrogen (secondary N) is 1. The van der Waals surface area contributed by atoms with Crippen LogP contribution in [-0.2, 0) is 11.2 Å². The smallest absolute Gasteiger partial charge is 0.0509 e. The van der Waals surface area contributed by atoms with Crippen LogP contribution in [-0.4, -0.2) is 30.8 Å². The molecule has 4 heteroatoms. The second-order valence-electron chi connectivity index (χ2n) is 5.32. The first-order valence-corrected chi connectivity index (χ1v) is 7.30. The van der Waals surface area contributed by atoms with Gasteiger partial charge >= 0.3 is 0 Å². The Kier molecular flexibility index (Phi) is 5.61. The van der Waals surface area contributed by atoms with Gasteiger partial charge < -0.3 is 15.8 Å². The molecule has 1 aromatic heterocycles. The highest BCUT2D eigenvalue weighted by molar-refractivity contribution is 5.44. The maximum atomic E-state index is 6.03. The van der Waals surface area contributed by atoms with Crippen molar-refractivity contribution in [3.63, 3.8) is 0 Å². The van der Waals surface area contributed by atoms with Gasteiger partial charge in [0, 0.05) is 30.7 Å². The number of ether oxygens (including phenoxy) is 1. The van der Waals surface area contributed by atoms with E-state index in [9.17, 15) is 0 Å². The fourth-order valence-corrected chi connectivity index (χ4v) is 2.66. The van der Waals surface area contributed by atoms with Crippen LogP contribution >= 0.6 is 0 Å². The molecule has 2 atom stereocenters. The number of pyridine rings is 1. The monoisotopic (exact) mass is 263 g/mol. The van der Waals surface area contributed by atoms with E-state index in [0.29, 0.717) is 12.0 Å². The van der Waals surface area contributed by atoms with E-state index in [1.165, 1.54) is 6.42 Å². The lowest BCUT2D eigenvalue weighted by Gasteiger charge is -2.31. The molecule has 0 aromatic carbocycles. The number of aromatic nitrogens is 1. The Labute approximate surface area is 115 Å². The molecule has 2 heterocycles. The van der Waals surface area contributed by atoms with Crippen molar-refractivity contribution in [3.8, 4) is 0 Å². The van der Waals surface area contributed by atoms with E-state index < -0.39 is 0 Å². The molecule has 2 unspecified atom stereocenters. The largest absolute Gasteiger partial charge is 0.398 e. The molecule has 3 N–H and O–H groups in total. The van der Waals surface area contributed by atoms with Gasteiger partial charge in [0.1, 0.15) is 0 Å². The topological polar surface area (TPSA) is 60.2 Å². The third kappa shape index (κ3) is 4.18. The van der Waals surface area contributed by atoms with Crippen molar-refractivity contribution in [3.05, 3.63) is 24.0 Å². The summed E-state index contributed by atoms with van der Waals surface area (Å²) in [6.45, 7) is 5.01. The van der Waals surface area contributed by atoms with Crippen molar-refractivity contribution in [2.75, 3.05) is 25.5 Å². The van der Waals surface area contributed by atoms with E-state index in [4.69, 9.17) is 10.5 Å². The van der Waals surface area contributed by atoms with E-state index in [1.807, 2.05) is 12.3 Å². The quantitative estimate of drug-likeness (QED) is 0.824. The van der Waals surface area contributed by atoms with Crippen LogP contribution in [0.5, 0.6) is 0 Å². The summed E-state index contributed by atoms with van der Waals surface area (Å²) in [4.78, 5) is 4.18. The zero-order valence-corrected chi connectivity index (χ0v) is 11.8. The Balaban J connectivity index is 2.02. The van der Waals surface area contributed by atoms with E-state index >= 15 is 0 Å². The molecule has 2 rings (SSSR count). The number of anilines is 1. The maximum Gasteiger partial charge on any atom is 0.0509 e. The molecule has 0 bridgehead atoms. The third-order valence-corrected chi connectivity index (χ3v) is 3.80. The lowest BCUT2D eigenvalue weighted by atomic mass is 9.89. The predicted octanol–water partition coefficient (Wildman–Crippen LogP) is 2.00. The summed E-state index contributed by atoms with van der Waals surface area (Å²) in [6.07, 6.45) is 8.12. The maximum absolute atomic E-state index is 6.03. The van der Waals surface area contributed by atoms with E-state index in [2.05, 4.69) is 17.2 Å². The molecule has 1 aliphatic heterocycles. The molecule has 0 saturated carbocycles. The zero-order valence-electron chi connectivity index (χ0n) is 11.8. The first-order chi connectivity index (χ1) is 9.31. The van der Waals surface area contributed by atoms with Crippen molar-refractivity contribution in [1.29, 1.82) is 0 Å². The summed E-state index contributed by atoms with van der Waals surface area (Å²) in [5.41, 5.74) is 8.01. The van der Waals surface area contributed by atoms with Crippen LogP contribution in [0.3, 0.4) is 0 Å². The van der Waals surface area contributed by atoms with Gasteiger partial charge in [-0.1, -0.05) is 6.92 Å². The minimum Gasteiger partial charge on any atom is -0.398 e. The fraction of sp³-hybridized carbons (Fsp3) is 0.667. The molecule has 19 heavy (non-hydrogen) atoms. The van der Waals surface area contributed by atoms with Gasteiger partial charge in [0.15, 0.2) is 0 Å². The SMILES string of the molecule is CCCNC(Cc1cnccc1N)C1CCCOC1. The van der Waals surface area contributed by atoms with E-state index in [-0.39, 0.29) is 0 Å². The van der Waals surface area contributed by atoms with Gasteiger partial charge in [0.25, 0.3) is 0 Å². The molecule has 0 radical (unpaired) electrons. The molecule has 4 nitrogen and oxygen atoms in total. The lowest BCUT2D eigenvalue weighted by molar-refractivity contribution is 0.0393. The minimum atomic E-state index is 0.437. The number of nitrogens with zero attached hydrogens (tertiary/aromatic N) is 1. The highest BCUT2D eigenvalue weighted by Gasteiger charge is 2.24. The Morgan fingerprint density at radius 3 is 3.16 bits per heavy atom. The zero-order chi connectivity index (χ0) is 13.5. The van der Waals surface area contributed by atoms with Crippen molar-refractivity contribution in [1.82, 2.24) is 10.3 Å². The summed E-state index contributed by atoms with van der Waals surface area (Å²) < 4.78 is 5.62. The highest BCUT2D eigenvalue weighted by atomic mass is 16.5. The van der Waals surface area contributed by atoms with Crippen LogP contribution in [0.1, 0.15) is 31.7 Å². The molecule has 0 amide bonds. The average Bonchev–Trinajstić information content (AvgIpc) is 2.46. The standard InChI is InChI=1S/C15H25N3O/c1-2-6-18-15(12-4-3-8-19-11-12)9-13-10-17-7-5-14(13)16/h5,7,10,12,15,18H,2-4,6,8-9,11H2,1H3,(H2,16,17). The number of rotatable bonds is 6. The molecule has 106 valence electrons. The van der Waals surface area contributed by atoms with Crippen molar-refractivity contribution in [2.45, 2.75) is 38.6 Å². The molecule has 1 aromatic rings. The molecule has 1 aliphatic rings. The number of nitrogens with two attached hydrogens (primary N) is 1. The van der Waals surface area contributed by atoms with E-state index in [0.717, 1.165) is 50.3 Å². The summed E-state index contributed by atoms with van der Waals surface area (Å²) in [6, 6.07) is 2.32. The Morgan fingerprint density at radius 2 is 2.47 bits per heavy atom. The minimum absolute atomic E-state index is 0.437. The van der Waals surface area contributed by atoms with Crippen molar-refractivity contribution < 1.29 is 4.74 Å². The third-order valence-electron chi connectivity index (χ3n) is 3.80. The molecule has 0 spiro atoms. The fourth-order valence-electron chi connectivity index (χ4n) is 2.66. The predicted molar refractivity (Wildman–Crippen MR) is 78.0 cm³/mol. The van der Waals surface area contributed by atoms with Gasteiger partial charge in [0.05, 0.1) is 6.61 Å². The van der Waals surface area contributed by atoms with Crippen LogP contribution in [0.25, 0.3) is 0 Å². The molecule has 1 saturated heterocycles. The Bertz CT molecular complexity index is 377. The van der Waals surface area contributed by atoms with Gasteiger partial charge in [-0.05, 0) is 49.8 Å². The number of nitrogen functional groups attached to an aromatic ring is 1. The van der Waals surface area contributed by atoms with Gasteiger partial charge in [-0.25, -0.2) is 0 Å². The van der Waals surface area contributed by atoms with Crippen LogP contribution in [0, 0.1) is 5.92 Å². The number of hydrogen-bond acceptors (Lipinski definition) is 4. The average molecular weight is 263 g/mol. The van der Waals surface area contributed by atoms with Crippen LogP contribution in [0.15, 0.2) is 18.5 Å². The van der Waals surface area contributed by atoms with Crippen molar-refractivity contribution in [2.24, 2.45) is 5.92 Å². The molecular formula is C15H25N3O.